The van der Waals surface area contributed by atoms with Gasteiger partial charge in [-0.3, -0.25) is 4.79 Å². The van der Waals surface area contributed by atoms with Crippen molar-refractivity contribution in [2.45, 2.75) is 32.1 Å². The van der Waals surface area contributed by atoms with E-state index in [1.807, 2.05) is 6.07 Å². The molecule has 19 heavy (non-hydrogen) atoms. The number of hydrogen-bond donors (Lipinski definition) is 0. The van der Waals surface area contributed by atoms with Gasteiger partial charge in [0.1, 0.15) is 4.34 Å². The van der Waals surface area contributed by atoms with Gasteiger partial charge in [0.05, 0.1) is 9.75 Å². The van der Waals surface area contributed by atoms with E-state index in [4.69, 9.17) is 11.6 Å². The molecule has 0 N–H and O–H groups in total. The van der Waals surface area contributed by atoms with Gasteiger partial charge in [-0.25, -0.2) is 0 Å². The fourth-order valence-corrected chi connectivity index (χ4v) is 5.29. The van der Waals surface area contributed by atoms with Gasteiger partial charge in [0.15, 0.2) is 0 Å². The number of halogens is 2. The zero-order valence-corrected chi connectivity index (χ0v) is 14.1. The van der Waals surface area contributed by atoms with Gasteiger partial charge in [0, 0.05) is 9.35 Å². The summed E-state index contributed by atoms with van der Waals surface area (Å²) >= 11 is 12.4. The molecule has 0 unspecified atom stereocenters. The summed E-state index contributed by atoms with van der Waals surface area (Å²) in [7, 11) is 0. The molecular weight excluding hydrogens is 364 g/mol. The molecule has 1 aliphatic rings. The molecule has 2 heterocycles. The number of carbonyl (C=O) groups is 1. The van der Waals surface area contributed by atoms with Crippen molar-refractivity contribution >= 4 is 56.0 Å². The number of rotatable bonds is 2. The topological polar surface area (TPSA) is 17.1 Å². The molecule has 0 saturated carbocycles. The van der Waals surface area contributed by atoms with E-state index in [2.05, 4.69) is 22.0 Å². The Hall–Kier alpha value is -0.160. The van der Waals surface area contributed by atoms with Gasteiger partial charge >= 0.3 is 0 Å². The van der Waals surface area contributed by atoms with Gasteiger partial charge in [-0.1, -0.05) is 18.0 Å². The number of fused-ring (bicyclic) bond motifs is 1. The second-order valence-electron chi connectivity index (χ2n) is 4.68. The van der Waals surface area contributed by atoms with E-state index in [1.54, 1.807) is 11.3 Å². The summed E-state index contributed by atoms with van der Waals surface area (Å²) in [6.45, 7) is 0. The van der Waals surface area contributed by atoms with Crippen LogP contribution in [0.4, 0.5) is 0 Å². The summed E-state index contributed by atoms with van der Waals surface area (Å²) < 4.78 is 1.45. The zero-order valence-electron chi connectivity index (χ0n) is 10.2. The van der Waals surface area contributed by atoms with Crippen molar-refractivity contribution in [2.75, 3.05) is 0 Å². The minimum atomic E-state index is 0.107. The van der Waals surface area contributed by atoms with E-state index in [-0.39, 0.29) is 5.78 Å². The molecule has 0 aromatic carbocycles. The number of ketones is 1. The lowest BCUT2D eigenvalue weighted by molar-refractivity contribution is 0.104. The maximum atomic E-state index is 12.5. The van der Waals surface area contributed by atoms with Gasteiger partial charge in [-0.2, -0.15) is 0 Å². The van der Waals surface area contributed by atoms with Gasteiger partial charge in [0.2, 0.25) is 5.78 Å². The first-order chi connectivity index (χ1) is 9.15. The maximum Gasteiger partial charge on any atom is 0.212 e. The number of thiophene rings is 2. The van der Waals surface area contributed by atoms with E-state index < -0.39 is 0 Å². The van der Waals surface area contributed by atoms with Crippen molar-refractivity contribution in [1.82, 2.24) is 0 Å². The lowest BCUT2D eigenvalue weighted by atomic mass is 10.1. The van der Waals surface area contributed by atoms with E-state index >= 15 is 0 Å². The molecule has 2 aromatic heterocycles. The Balaban J connectivity index is 1.92. The average Bonchev–Trinajstić information content (AvgIpc) is 2.87. The predicted molar refractivity (Wildman–Crippen MR) is 86.0 cm³/mol. The Morgan fingerprint density at radius 3 is 2.58 bits per heavy atom. The van der Waals surface area contributed by atoms with Crippen molar-refractivity contribution in [2.24, 2.45) is 0 Å². The summed E-state index contributed by atoms with van der Waals surface area (Å²) in [5.74, 6) is 0.107. The van der Waals surface area contributed by atoms with Crippen LogP contribution < -0.4 is 0 Å². The van der Waals surface area contributed by atoms with Crippen molar-refractivity contribution in [1.29, 1.82) is 0 Å². The highest BCUT2D eigenvalue weighted by atomic mass is 79.9. The number of carbonyl (C=O) groups excluding carboxylic acids is 1. The predicted octanol–water partition coefficient (Wildman–Crippen LogP) is 5.73. The Labute approximate surface area is 133 Å². The van der Waals surface area contributed by atoms with Crippen molar-refractivity contribution in [3.8, 4) is 0 Å². The van der Waals surface area contributed by atoms with Gasteiger partial charge in [-0.05, 0) is 59.3 Å². The third-order valence-electron chi connectivity index (χ3n) is 3.34. The minimum Gasteiger partial charge on any atom is -0.287 e. The molecule has 1 nitrogen and oxygen atoms in total. The van der Waals surface area contributed by atoms with Crippen LogP contribution in [0.15, 0.2) is 16.6 Å². The highest BCUT2D eigenvalue weighted by Crippen LogP contribution is 2.35. The first kappa shape index (κ1) is 13.8. The highest BCUT2D eigenvalue weighted by molar-refractivity contribution is 9.10. The van der Waals surface area contributed by atoms with Crippen molar-refractivity contribution in [3.05, 3.63) is 41.1 Å². The Morgan fingerprint density at radius 2 is 1.84 bits per heavy atom. The summed E-state index contributed by atoms with van der Waals surface area (Å²) in [6, 6.07) is 3.91. The van der Waals surface area contributed by atoms with Crippen molar-refractivity contribution in [3.63, 3.8) is 0 Å². The molecule has 0 radical (unpaired) electrons. The molecule has 0 fully saturated rings. The first-order valence-electron chi connectivity index (χ1n) is 6.26. The lowest BCUT2D eigenvalue weighted by Gasteiger charge is -1.93. The Morgan fingerprint density at radius 1 is 1.11 bits per heavy atom. The van der Waals surface area contributed by atoms with E-state index in [9.17, 15) is 4.79 Å². The van der Waals surface area contributed by atoms with Crippen molar-refractivity contribution < 1.29 is 4.79 Å². The summed E-state index contributed by atoms with van der Waals surface area (Å²) in [6.07, 6.45) is 6.04. The third kappa shape index (κ3) is 2.82. The quantitative estimate of drug-likeness (QED) is 0.484. The maximum absolute atomic E-state index is 12.5. The Bertz CT molecular complexity index is 586. The molecular formula is C14H12BrClOS2. The SMILES string of the molecule is O=C(c1cc(Br)c(Cl)s1)c1cc2c(s1)CCCCC2. The van der Waals surface area contributed by atoms with Crippen LogP contribution in [0.25, 0.3) is 0 Å². The second-order valence-corrected chi connectivity index (χ2v) is 8.33. The van der Waals surface area contributed by atoms with Crippen LogP contribution in [0.5, 0.6) is 0 Å². The van der Waals surface area contributed by atoms with Gasteiger partial charge in [-0.15, -0.1) is 22.7 Å². The monoisotopic (exact) mass is 374 g/mol. The molecule has 0 amide bonds. The Kier molecular flexibility index (Phi) is 4.13. The molecule has 2 aromatic rings. The molecule has 0 aliphatic heterocycles. The van der Waals surface area contributed by atoms with Gasteiger partial charge in [0.25, 0.3) is 0 Å². The number of hydrogen-bond acceptors (Lipinski definition) is 3. The summed E-state index contributed by atoms with van der Waals surface area (Å²) in [4.78, 5) is 15.4. The second kappa shape index (κ2) is 5.68. The van der Waals surface area contributed by atoms with Crippen LogP contribution in [0.1, 0.15) is 44.3 Å². The summed E-state index contributed by atoms with van der Waals surface area (Å²) in [5.41, 5.74) is 1.38. The molecule has 0 atom stereocenters. The summed E-state index contributed by atoms with van der Waals surface area (Å²) in [5, 5.41) is 0. The van der Waals surface area contributed by atoms with Gasteiger partial charge < -0.3 is 0 Å². The molecule has 100 valence electrons. The molecule has 0 bridgehead atoms. The molecule has 3 rings (SSSR count). The van der Waals surface area contributed by atoms with E-state index in [0.29, 0.717) is 9.21 Å². The van der Waals surface area contributed by atoms with E-state index in [0.717, 1.165) is 22.2 Å². The fourth-order valence-electron chi connectivity index (χ4n) is 2.36. The van der Waals surface area contributed by atoms with E-state index in [1.165, 1.54) is 41.0 Å². The minimum absolute atomic E-state index is 0.107. The highest BCUT2D eigenvalue weighted by Gasteiger charge is 2.19. The molecule has 0 saturated heterocycles. The third-order valence-corrected chi connectivity index (χ3v) is 7.05. The normalized spacial score (nSPS) is 15.1. The largest absolute Gasteiger partial charge is 0.287 e. The molecule has 1 aliphatic carbocycles. The van der Waals surface area contributed by atoms with Crippen LogP contribution in [-0.2, 0) is 12.8 Å². The molecule has 5 heteroatoms. The van der Waals surface area contributed by atoms with Crippen LogP contribution >= 0.6 is 50.2 Å². The smallest absolute Gasteiger partial charge is 0.212 e. The molecule has 0 spiro atoms. The van der Waals surface area contributed by atoms with Crippen LogP contribution in [0.2, 0.25) is 4.34 Å². The van der Waals surface area contributed by atoms with Crippen LogP contribution in [0, 0.1) is 0 Å². The average molecular weight is 376 g/mol. The fraction of sp³-hybridized carbons (Fsp3) is 0.357. The number of aryl methyl sites for hydroxylation is 2. The standard InChI is InChI=1S/C14H12BrClOS2/c15-9-7-12(19-14(9)16)13(17)11-6-8-4-2-1-3-5-10(8)18-11/h6-7H,1-5H2. The van der Waals surface area contributed by atoms with Crippen LogP contribution in [-0.4, -0.2) is 5.78 Å². The van der Waals surface area contributed by atoms with Crippen LogP contribution in [0.3, 0.4) is 0 Å². The zero-order chi connectivity index (χ0) is 13.4. The lowest BCUT2D eigenvalue weighted by Crippen LogP contribution is -1.94. The first-order valence-corrected chi connectivity index (χ1v) is 9.06.